The number of nitrogens with zero attached hydrogens (tertiary/aromatic N) is 1. The van der Waals surface area contributed by atoms with Crippen LogP contribution in [0.5, 0.6) is 0 Å². The van der Waals surface area contributed by atoms with E-state index in [1.807, 2.05) is 0 Å². The minimum Gasteiger partial charge on any atom is -0.392 e. The maximum atomic E-state index is 10.5. The number of rotatable bonds is 3. The molecule has 0 fully saturated rings. The minimum atomic E-state index is -0.535. The van der Waals surface area contributed by atoms with Crippen LogP contribution >= 0.6 is 0 Å². The summed E-state index contributed by atoms with van der Waals surface area (Å²) in [5.41, 5.74) is 5.17. The van der Waals surface area contributed by atoms with Crippen LogP contribution < -0.4 is 11.1 Å². The zero-order valence-electron chi connectivity index (χ0n) is 6.09. The van der Waals surface area contributed by atoms with E-state index in [-0.39, 0.29) is 5.70 Å². The third-order valence-corrected chi connectivity index (χ3v) is 0.802. The molecule has 0 aromatic rings. The molecule has 0 heterocycles. The predicted octanol–water partition coefficient (Wildman–Crippen LogP) is -0.377. The van der Waals surface area contributed by atoms with Crippen molar-refractivity contribution < 1.29 is 4.79 Å². The summed E-state index contributed by atoms with van der Waals surface area (Å²) in [4.78, 5) is 14.2. The van der Waals surface area contributed by atoms with Gasteiger partial charge in [-0.05, 0) is 6.92 Å². The van der Waals surface area contributed by atoms with E-state index in [1.54, 1.807) is 14.0 Å². The highest BCUT2D eigenvalue weighted by atomic mass is 16.1. The van der Waals surface area contributed by atoms with Crippen LogP contribution in [0.15, 0.2) is 16.9 Å². The fraction of sp³-hybridized carbons (Fsp3) is 0.333. The van der Waals surface area contributed by atoms with Gasteiger partial charge in [-0.15, -0.1) is 0 Å². The summed E-state index contributed by atoms with van der Waals surface area (Å²) in [6.45, 7) is 1.71. The van der Waals surface area contributed by atoms with E-state index < -0.39 is 5.91 Å². The van der Waals surface area contributed by atoms with E-state index in [1.165, 1.54) is 12.4 Å². The maximum absolute atomic E-state index is 10.5. The normalized spacial score (nSPS) is 12.0. The van der Waals surface area contributed by atoms with Crippen molar-refractivity contribution in [2.45, 2.75) is 6.92 Å². The third-order valence-electron chi connectivity index (χ3n) is 0.802. The summed E-state index contributed by atoms with van der Waals surface area (Å²) in [6.07, 6.45) is 2.95. The second kappa shape index (κ2) is 4.55. The Kier molecular flexibility index (Phi) is 3.95. The van der Waals surface area contributed by atoms with Crippen LogP contribution in [0.3, 0.4) is 0 Å². The largest absolute Gasteiger partial charge is 0.392 e. The first-order chi connectivity index (χ1) is 4.72. The smallest absolute Gasteiger partial charge is 0.268 e. The number of aliphatic imine (C=N–C) groups is 1. The molecule has 0 saturated carbocycles. The predicted molar refractivity (Wildman–Crippen MR) is 40.5 cm³/mol. The average Bonchev–Trinajstić information content (AvgIpc) is 1.87. The molecule has 0 aromatic carbocycles. The summed E-state index contributed by atoms with van der Waals surface area (Å²) in [5.74, 6) is -0.535. The van der Waals surface area contributed by atoms with Crippen LogP contribution in [0.25, 0.3) is 0 Å². The van der Waals surface area contributed by atoms with Gasteiger partial charge in [0, 0.05) is 19.5 Å². The van der Waals surface area contributed by atoms with Gasteiger partial charge in [0.1, 0.15) is 5.70 Å². The SMILES string of the molecule is C/C=N\C(=C/NC)C(N)=O. The van der Waals surface area contributed by atoms with Gasteiger partial charge in [0.25, 0.3) is 5.91 Å². The zero-order valence-corrected chi connectivity index (χ0v) is 6.09. The molecule has 0 aliphatic rings. The van der Waals surface area contributed by atoms with Gasteiger partial charge in [-0.2, -0.15) is 0 Å². The molecule has 4 nitrogen and oxygen atoms in total. The second-order valence-corrected chi connectivity index (χ2v) is 1.57. The van der Waals surface area contributed by atoms with Crippen molar-refractivity contribution in [3.05, 3.63) is 11.9 Å². The molecule has 0 unspecified atom stereocenters. The molecule has 0 rings (SSSR count). The van der Waals surface area contributed by atoms with Crippen LogP contribution in [-0.2, 0) is 4.79 Å². The van der Waals surface area contributed by atoms with Gasteiger partial charge >= 0.3 is 0 Å². The highest BCUT2D eigenvalue weighted by molar-refractivity contribution is 5.92. The summed E-state index contributed by atoms with van der Waals surface area (Å²) < 4.78 is 0. The lowest BCUT2D eigenvalue weighted by Gasteiger charge is -1.93. The van der Waals surface area contributed by atoms with Gasteiger partial charge in [-0.1, -0.05) is 0 Å². The number of nitrogens with one attached hydrogen (secondary N) is 1. The van der Waals surface area contributed by atoms with Crippen molar-refractivity contribution in [1.29, 1.82) is 0 Å². The molecule has 3 N–H and O–H groups in total. The van der Waals surface area contributed by atoms with E-state index in [9.17, 15) is 4.79 Å². The Labute approximate surface area is 59.8 Å². The number of carbonyl (C=O) groups is 1. The van der Waals surface area contributed by atoms with E-state index in [2.05, 4.69) is 10.3 Å². The average molecular weight is 141 g/mol. The van der Waals surface area contributed by atoms with E-state index >= 15 is 0 Å². The van der Waals surface area contributed by atoms with Gasteiger partial charge in [-0.25, -0.2) is 0 Å². The maximum Gasteiger partial charge on any atom is 0.268 e. The molecule has 0 atom stereocenters. The quantitative estimate of drug-likeness (QED) is 0.415. The molecule has 56 valence electrons. The first-order valence-corrected chi connectivity index (χ1v) is 2.88. The van der Waals surface area contributed by atoms with Crippen LogP contribution in [0.4, 0.5) is 0 Å². The lowest BCUT2D eigenvalue weighted by molar-refractivity contribution is -0.114. The lowest BCUT2D eigenvalue weighted by Crippen LogP contribution is -2.14. The number of amides is 1. The van der Waals surface area contributed by atoms with Gasteiger partial charge < -0.3 is 11.1 Å². The Bertz CT molecular complexity index is 172. The first kappa shape index (κ1) is 8.68. The zero-order chi connectivity index (χ0) is 7.98. The standard InChI is InChI=1S/C6H11N3O/c1-3-9-5(4-8-2)6(7)10/h3-4,8H,1-2H3,(H2,7,10)/b5-4-,9-3-. The van der Waals surface area contributed by atoms with Gasteiger partial charge in [-0.3, -0.25) is 9.79 Å². The summed E-state index contributed by atoms with van der Waals surface area (Å²) in [6, 6.07) is 0. The Balaban J connectivity index is 4.26. The van der Waals surface area contributed by atoms with Crippen LogP contribution in [0.2, 0.25) is 0 Å². The fourth-order valence-electron chi connectivity index (χ4n) is 0.448. The highest BCUT2D eigenvalue weighted by Crippen LogP contribution is 1.90. The molecular weight excluding hydrogens is 130 g/mol. The van der Waals surface area contributed by atoms with E-state index in [0.717, 1.165) is 0 Å². The number of nitrogens with two attached hydrogens (primary N) is 1. The number of hydrogen-bond donors (Lipinski definition) is 2. The Hall–Kier alpha value is -1.32. The van der Waals surface area contributed by atoms with Gasteiger partial charge in [0.05, 0.1) is 0 Å². The highest BCUT2D eigenvalue weighted by Gasteiger charge is 1.98. The molecule has 0 radical (unpaired) electrons. The molecule has 0 bridgehead atoms. The van der Waals surface area contributed by atoms with Crippen molar-refractivity contribution in [3.63, 3.8) is 0 Å². The van der Waals surface area contributed by atoms with Crippen LogP contribution in [0.1, 0.15) is 6.92 Å². The van der Waals surface area contributed by atoms with E-state index in [0.29, 0.717) is 0 Å². The summed E-state index contributed by atoms with van der Waals surface area (Å²) in [7, 11) is 1.67. The molecule has 0 aliphatic heterocycles. The van der Waals surface area contributed by atoms with Gasteiger partial charge in [0.15, 0.2) is 0 Å². The second-order valence-electron chi connectivity index (χ2n) is 1.57. The number of primary amides is 1. The third kappa shape index (κ3) is 2.86. The Morgan fingerprint density at radius 2 is 2.30 bits per heavy atom. The number of carbonyl (C=O) groups excluding carboxylic acids is 1. The molecular formula is C6H11N3O. The van der Waals surface area contributed by atoms with Crippen molar-refractivity contribution in [2.24, 2.45) is 10.7 Å². The van der Waals surface area contributed by atoms with Crippen molar-refractivity contribution in [2.75, 3.05) is 7.05 Å². The summed E-state index contributed by atoms with van der Waals surface area (Å²) >= 11 is 0. The van der Waals surface area contributed by atoms with Gasteiger partial charge in [0.2, 0.25) is 0 Å². The van der Waals surface area contributed by atoms with Crippen molar-refractivity contribution in [1.82, 2.24) is 5.32 Å². The van der Waals surface area contributed by atoms with Crippen molar-refractivity contribution >= 4 is 12.1 Å². The van der Waals surface area contributed by atoms with E-state index in [4.69, 9.17) is 5.73 Å². The number of hydrogen-bond acceptors (Lipinski definition) is 3. The lowest BCUT2D eigenvalue weighted by atomic mass is 10.4. The molecule has 4 heteroatoms. The topological polar surface area (TPSA) is 67.5 Å². The van der Waals surface area contributed by atoms with Crippen molar-refractivity contribution in [3.8, 4) is 0 Å². The molecule has 0 spiro atoms. The molecule has 1 amide bonds. The van der Waals surface area contributed by atoms with Crippen LogP contribution in [0, 0.1) is 0 Å². The first-order valence-electron chi connectivity index (χ1n) is 2.88. The molecule has 10 heavy (non-hydrogen) atoms. The molecule has 0 aliphatic carbocycles. The Morgan fingerprint density at radius 1 is 1.70 bits per heavy atom. The summed E-state index contributed by atoms with van der Waals surface area (Å²) in [5, 5.41) is 2.66. The molecule has 0 aromatic heterocycles. The molecule has 0 saturated heterocycles. The Morgan fingerprint density at radius 3 is 2.60 bits per heavy atom. The van der Waals surface area contributed by atoms with Crippen LogP contribution in [-0.4, -0.2) is 19.2 Å². The minimum absolute atomic E-state index is 0.227. The fourth-order valence-corrected chi connectivity index (χ4v) is 0.448. The monoisotopic (exact) mass is 141 g/mol.